The number of ether oxygens (including phenoxy) is 1. The van der Waals surface area contributed by atoms with Crippen LogP contribution < -0.4 is 10.1 Å². The topological polar surface area (TPSA) is 41.6 Å². The van der Waals surface area contributed by atoms with Gasteiger partial charge in [0.1, 0.15) is 5.75 Å². The normalized spacial score (nSPS) is 12.0. The molecule has 0 bridgehead atoms. The average Bonchev–Trinajstić information content (AvgIpc) is 2.38. The molecule has 0 saturated heterocycles. The molecule has 1 atom stereocenters. The van der Waals surface area contributed by atoms with Gasteiger partial charge in [-0.25, -0.2) is 0 Å². The van der Waals surface area contributed by atoms with Gasteiger partial charge in [-0.15, -0.1) is 0 Å². The summed E-state index contributed by atoms with van der Waals surface area (Å²) >= 11 is 0. The van der Waals surface area contributed by atoms with E-state index in [1.807, 2.05) is 24.3 Å². The fourth-order valence-electron chi connectivity index (χ4n) is 1.76. The van der Waals surface area contributed by atoms with Crippen molar-refractivity contribution in [3.05, 3.63) is 29.8 Å². The molecule has 1 unspecified atom stereocenters. The zero-order valence-electron chi connectivity index (χ0n) is 12.3. The van der Waals surface area contributed by atoms with E-state index in [-0.39, 0.29) is 5.91 Å². The number of hydrogen-bond donors (Lipinski definition) is 1. The Bertz CT molecular complexity index is 405. The van der Waals surface area contributed by atoms with E-state index in [4.69, 9.17) is 4.74 Å². The maximum absolute atomic E-state index is 11.7. The molecule has 106 valence electrons. The minimum absolute atomic E-state index is 0.0329. The van der Waals surface area contributed by atoms with Gasteiger partial charge >= 0.3 is 0 Å². The van der Waals surface area contributed by atoms with E-state index in [1.165, 1.54) is 4.90 Å². The predicted molar refractivity (Wildman–Crippen MR) is 77.2 cm³/mol. The summed E-state index contributed by atoms with van der Waals surface area (Å²) in [5.41, 5.74) is 1.16. The molecule has 1 aromatic rings. The molecule has 0 aliphatic heterocycles. The van der Waals surface area contributed by atoms with Crippen molar-refractivity contribution in [3.8, 4) is 5.75 Å². The van der Waals surface area contributed by atoms with Crippen molar-refractivity contribution >= 4 is 5.91 Å². The second-order valence-corrected chi connectivity index (χ2v) is 4.82. The Morgan fingerprint density at radius 3 is 2.79 bits per heavy atom. The first-order chi connectivity index (χ1) is 9.04. The van der Waals surface area contributed by atoms with E-state index in [1.54, 1.807) is 21.0 Å². The number of amides is 1. The van der Waals surface area contributed by atoms with E-state index in [9.17, 15) is 4.79 Å². The number of hydrogen-bond acceptors (Lipinski definition) is 3. The van der Waals surface area contributed by atoms with Gasteiger partial charge in [-0.1, -0.05) is 19.1 Å². The smallest absolute Gasteiger partial charge is 0.262 e. The Labute approximate surface area is 115 Å². The molecule has 1 N–H and O–H groups in total. The van der Waals surface area contributed by atoms with Crippen molar-refractivity contribution in [1.29, 1.82) is 0 Å². The fourth-order valence-corrected chi connectivity index (χ4v) is 1.76. The second-order valence-electron chi connectivity index (χ2n) is 4.82. The summed E-state index contributed by atoms with van der Waals surface area (Å²) in [5.74, 6) is 0.702. The molecule has 19 heavy (non-hydrogen) atoms. The van der Waals surface area contributed by atoms with E-state index in [2.05, 4.69) is 12.2 Å². The number of likely N-dealkylation sites (N-methyl/N-ethyl adjacent to an activating group) is 1. The maximum Gasteiger partial charge on any atom is 0.262 e. The minimum atomic E-state index is -0.464. The van der Waals surface area contributed by atoms with Gasteiger partial charge in [0.05, 0.1) is 0 Å². The van der Waals surface area contributed by atoms with Crippen molar-refractivity contribution in [2.75, 3.05) is 20.6 Å². The first-order valence-electron chi connectivity index (χ1n) is 6.72. The number of nitrogens with one attached hydrogen (secondary N) is 1. The summed E-state index contributed by atoms with van der Waals surface area (Å²) in [5, 5.41) is 3.34. The zero-order chi connectivity index (χ0) is 14.3. The number of benzene rings is 1. The highest BCUT2D eigenvalue weighted by molar-refractivity contribution is 5.80. The summed E-state index contributed by atoms with van der Waals surface area (Å²) in [4.78, 5) is 13.3. The Hall–Kier alpha value is -1.55. The number of nitrogens with zero attached hydrogens (tertiary/aromatic N) is 1. The van der Waals surface area contributed by atoms with Crippen LogP contribution in [0, 0.1) is 0 Å². The largest absolute Gasteiger partial charge is 0.481 e. The lowest BCUT2D eigenvalue weighted by Gasteiger charge is -2.18. The molecule has 0 saturated carbocycles. The van der Waals surface area contributed by atoms with Crippen LogP contribution in [0.3, 0.4) is 0 Å². The van der Waals surface area contributed by atoms with Crippen LogP contribution in [0.5, 0.6) is 5.75 Å². The summed E-state index contributed by atoms with van der Waals surface area (Å²) in [6, 6.07) is 7.85. The van der Waals surface area contributed by atoms with Crippen LogP contribution >= 0.6 is 0 Å². The molecule has 0 aliphatic carbocycles. The highest BCUT2D eigenvalue weighted by atomic mass is 16.5. The molecule has 0 spiro atoms. The standard InChI is InChI=1S/C15H24N2O2/c1-5-9-16-11-13-7-6-8-14(10-13)19-12(2)15(18)17(3)4/h6-8,10,12,16H,5,9,11H2,1-4H3. The third-order valence-corrected chi connectivity index (χ3v) is 2.76. The highest BCUT2D eigenvalue weighted by Gasteiger charge is 2.16. The molecule has 1 amide bonds. The highest BCUT2D eigenvalue weighted by Crippen LogP contribution is 2.15. The molecule has 0 aromatic heterocycles. The van der Waals surface area contributed by atoms with Gasteiger partial charge in [0.25, 0.3) is 5.91 Å². The number of carbonyl (C=O) groups excluding carboxylic acids is 1. The van der Waals surface area contributed by atoms with Crippen LogP contribution in [-0.2, 0) is 11.3 Å². The molecule has 4 heteroatoms. The van der Waals surface area contributed by atoms with Gasteiger partial charge in [-0.2, -0.15) is 0 Å². The Kier molecular flexibility index (Phi) is 6.36. The van der Waals surface area contributed by atoms with Crippen molar-refractivity contribution < 1.29 is 9.53 Å². The van der Waals surface area contributed by atoms with Crippen LogP contribution in [0.1, 0.15) is 25.8 Å². The monoisotopic (exact) mass is 264 g/mol. The minimum Gasteiger partial charge on any atom is -0.481 e. The van der Waals surface area contributed by atoms with Gasteiger partial charge in [0.2, 0.25) is 0 Å². The first kappa shape index (κ1) is 15.5. The van der Waals surface area contributed by atoms with E-state index in [0.29, 0.717) is 0 Å². The van der Waals surface area contributed by atoms with Crippen LogP contribution in [0.2, 0.25) is 0 Å². The quantitative estimate of drug-likeness (QED) is 0.766. The Morgan fingerprint density at radius 1 is 1.42 bits per heavy atom. The van der Waals surface area contributed by atoms with Gasteiger partial charge in [0, 0.05) is 20.6 Å². The van der Waals surface area contributed by atoms with Gasteiger partial charge in [-0.05, 0) is 37.6 Å². The average molecular weight is 264 g/mol. The van der Waals surface area contributed by atoms with Gasteiger partial charge < -0.3 is 15.0 Å². The molecule has 0 fully saturated rings. The Morgan fingerprint density at radius 2 is 2.16 bits per heavy atom. The molecule has 1 aromatic carbocycles. The van der Waals surface area contributed by atoms with E-state index < -0.39 is 6.10 Å². The third kappa shape index (κ3) is 5.30. The lowest BCUT2D eigenvalue weighted by molar-refractivity contribution is -0.135. The fraction of sp³-hybridized carbons (Fsp3) is 0.533. The predicted octanol–water partition coefficient (Wildman–Crippen LogP) is 2.04. The third-order valence-electron chi connectivity index (χ3n) is 2.76. The Balaban J connectivity index is 2.59. The molecule has 0 aliphatic rings. The van der Waals surface area contributed by atoms with Crippen molar-refractivity contribution in [2.24, 2.45) is 0 Å². The molecule has 4 nitrogen and oxygen atoms in total. The number of carbonyl (C=O) groups is 1. The summed E-state index contributed by atoms with van der Waals surface area (Å²) in [6.45, 7) is 5.73. The van der Waals surface area contributed by atoms with E-state index in [0.717, 1.165) is 30.8 Å². The summed E-state index contributed by atoms with van der Waals surface area (Å²) < 4.78 is 5.67. The number of rotatable bonds is 7. The van der Waals surface area contributed by atoms with Crippen LogP contribution in [-0.4, -0.2) is 37.6 Å². The van der Waals surface area contributed by atoms with Crippen molar-refractivity contribution in [1.82, 2.24) is 10.2 Å². The second kappa shape index (κ2) is 7.79. The van der Waals surface area contributed by atoms with Crippen LogP contribution in [0.25, 0.3) is 0 Å². The maximum atomic E-state index is 11.7. The van der Waals surface area contributed by atoms with Crippen LogP contribution in [0.4, 0.5) is 0 Å². The molecular formula is C15H24N2O2. The lowest BCUT2D eigenvalue weighted by atomic mass is 10.2. The SMILES string of the molecule is CCCNCc1cccc(OC(C)C(=O)N(C)C)c1. The summed E-state index contributed by atoms with van der Waals surface area (Å²) in [6.07, 6.45) is 0.652. The molecule has 0 radical (unpaired) electrons. The lowest BCUT2D eigenvalue weighted by Crippen LogP contribution is -2.35. The first-order valence-corrected chi connectivity index (χ1v) is 6.72. The molecular weight excluding hydrogens is 240 g/mol. The van der Waals surface area contributed by atoms with Gasteiger partial charge in [0.15, 0.2) is 6.10 Å². The molecule has 1 rings (SSSR count). The summed E-state index contributed by atoms with van der Waals surface area (Å²) in [7, 11) is 3.46. The molecule has 0 heterocycles. The van der Waals surface area contributed by atoms with Crippen molar-refractivity contribution in [3.63, 3.8) is 0 Å². The van der Waals surface area contributed by atoms with Crippen LogP contribution in [0.15, 0.2) is 24.3 Å². The zero-order valence-corrected chi connectivity index (χ0v) is 12.3. The van der Waals surface area contributed by atoms with E-state index >= 15 is 0 Å². The van der Waals surface area contributed by atoms with Gasteiger partial charge in [-0.3, -0.25) is 4.79 Å². The van der Waals surface area contributed by atoms with Crippen molar-refractivity contribution in [2.45, 2.75) is 32.9 Å².